The maximum atomic E-state index is 6.18. The molecule has 2 heterocycles. The molecule has 4 nitrogen and oxygen atoms in total. The van der Waals surface area contributed by atoms with Gasteiger partial charge >= 0.3 is 0 Å². The number of hydrogen-bond donors (Lipinski definition) is 0. The summed E-state index contributed by atoms with van der Waals surface area (Å²) < 4.78 is 5.85. The van der Waals surface area contributed by atoms with Crippen molar-refractivity contribution in [2.75, 3.05) is 18.1 Å². The molecule has 1 fully saturated rings. The summed E-state index contributed by atoms with van der Waals surface area (Å²) in [7, 11) is 0. The third-order valence-electron chi connectivity index (χ3n) is 3.48. The summed E-state index contributed by atoms with van der Waals surface area (Å²) in [5.41, 5.74) is 0. The van der Waals surface area contributed by atoms with Crippen LogP contribution >= 0.6 is 11.6 Å². The van der Waals surface area contributed by atoms with Crippen LogP contribution in [0.15, 0.2) is 42.9 Å². The molecule has 1 aromatic carbocycles. The summed E-state index contributed by atoms with van der Waals surface area (Å²) >= 11 is 6.18. The Morgan fingerprint density at radius 1 is 1.30 bits per heavy atom. The van der Waals surface area contributed by atoms with Gasteiger partial charge in [-0.3, -0.25) is 0 Å². The van der Waals surface area contributed by atoms with Gasteiger partial charge in [0.2, 0.25) is 0 Å². The number of anilines is 1. The zero-order valence-corrected chi connectivity index (χ0v) is 11.8. The number of hydrogen-bond acceptors (Lipinski definition) is 4. The number of benzene rings is 1. The average Bonchev–Trinajstić information content (AvgIpc) is 2.95. The normalized spacial score (nSPS) is 18.2. The minimum absolute atomic E-state index is 0.308. The number of ether oxygens (including phenoxy) is 1. The third-order valence-corrected chi connectivity index (χ3v) is 3.75. The first-order valence-electron chi connectivity index (χ1n) is 6.74. The highest BCUT2D eigenvalue weighted by molar-refractivity contribution is 6.32. The Morgan fingerprint density at radius 2 is 2.15 bits per heavy atom. The van der Waals surface area contributed by atoms with Crippen molar-refractivity contribution in [2.45, 2.75) is 18.9 Å². The Morgan fingerprint density at radius 3 is 2.95 bits per heavy atom. The molecule has 0 amide bonds. The molecular weight excluding hydrogens is 274 g/mol. The van der Waals surface area contributed by atoms with Gasteiger partial charge in [0, 0.05) is 6.54 Å². The van der Waals surface area contributed by atoms with E-state index in [9.17, 15) is 0 Å². The molecule has 1 aliphatic rings. The van der Waals surface area contributed by atoms with Crippen LogP contribution in [0.5, 0.6) is 5.75 Å². The van der Waals surface area contributed by atoms with Crippen LogP contribution in [0.4, 0.5) is 5.82 Å². The van der Waals surface area contributed by atoms with Gasteiger partial charge in [-0.15, -0.1) is 0 Å². The predicted octanol–water partition coefficient (Wildman–Crippen LogP) is 3.18. The summed E-state index contributed by atoms with van der Waals surface area (Å²) in [5.74, 6) is 1.70. The van der Waals surface area contributed by atoms with Crippen molar-refractivity contribution in [1.29, 1.82) is 0 Å². The van der Waals surface area contributed by atoms with E-state index in [2.05, 4.69) is 14.9 Å². The standard InChI is InChI=1S/C15H16ClN3O/c16-14-9-17-11-18-15(14)19-8-4-5-12(19)10-20-13-6-2-1-3-7-13/h1-3,6-7,9,11-12H,4-5,8,10H2/t12-/m0/s1. The van der Waals surface area contributed by atoms with E-state index in [4.69, 9.17) is 16.3 Å². The second-order valence-electron chi connectivity index (χ2n) is 4.81. The van der Waals surface area contributed by atoms with Gasteiger partial charge in [-0.25, -0.2) is 9.97 Å². The number of para-hydroxylation sites is 1. The molecule has 0 bridgehead atoms. The van der Waals surface area contributed by atoms with Crippen molar-refractivity contribution < 1.29 is 4.74 Å². The van der Waals surface area contributed by atoms with Gasteiger partial charge in [0.25, 0.3) is 0 Å². The van der Waals surface area contributed by atoms with Gasteiger partial charge in [0.1, 0.15) is 23.7 Å². The average molecular weight is 290 g/mol. The molecule has 1 aliphatic heterocycles. The minimum Gasteiger partial charge on any atom is -0.491 e. The van der Waals surface area contributed by atoms with Crippen LogP contribution in [0.2, 0.25) is 5.02 Å². The fraction of sp³-hybridized carbons (Fsp3) is 0.333. The highest BCUT2D eigenvalue weighted by Crippen LogP contribution is 2.29. The molecular formula is C15H16ClN3O. The van der Waals surface area contributed by atoms with E-state index in [1.54, 1.807) is 6.20 Å². The molecule has 0 aliphatic carbocycles. The highest BCUT2D eigenvalue weighted by atomic mass is 35.5. The van der Waals surface area contributed by atoms with Gasteiger partial charge in [0.05, 0.1) is 12.2 Å². The first-order valence-corrected chi connectivity index (χ1v) is 7.12. The molecule has 1 atom stereocenters. The van der Waals surface area contributed by atoms with E-state index in [1.165, 1.54) is 6.33 Å². The van der Waals surface area contributed by atoms with Crippen LogP contribution in [0.1, 0.15) is 12.8 Å². The summed E-state index contributed by atoms with van der Waals surface area (Å²) in [6.45, 7) is 1.60. The first kappa shape index (κ1) is 13.2. The quantitative estimate of drug-likeness (QED) is 0.866. The second-order valence-corrected chi connectivity index (χ2v) is 5.21. The number of halogens is 1. The van der Waals surface area contributed by atoms with Crippen LogP contribution in [0, 0.1) is 0 Å². The summed E-state index contributed by atoms with van der Waals surface area (Å²) in [5, 5.41) is 0.596. The van der Waals surface area contributed by atoms with E-state index in [1.807, 2.05) is 30.3 Å². The van der Waals surface area contributed by atoms with Crippen molar-refractivity contribution in [3.05, 3.63) is 47.9 Å². The second kappa shape index (κ2) is 6.09. The molecule has 5 heteroatoms. The van der Waals surface area contributed by atoms with Crippen LogP contribution in [-0.4, -0.2) is 29.2 Å². The van der Waals surface area contributed by atoms with Crippen LogP contribution in [-0.2, 0) is 0 Å². The topological polar surface area (TPSA) is 38.2 Å². The van der Waals surface area contributed by atoms with E-state index in [0.717, 1.165) is 31.0 Å². The summed E-state index contributed by atoms with van der Waals surface area (Å²) in [4.78, 5) is 10.4. The molecule has 104 valence electrons. The summed E-state index contributed by atoms with van der Waals surface area (Å²) in [6, 6.07) is 10.2. The van der Waals surface area contributed by atoms with Gasteiger partial charge in [-0.2, -0.15) is 0 Å². The Kier molecular flexibility index (Phi) is 4.02. The Balaban J connectivity index is 1.69. The molecule has 0 N–H and O–H groups in total. The largest absolute Gasteiger partial charge is 0.491 e. The fourth-order valence-electron chi connectivity index (χ4n) is 2.51. The lowest BCUT2D eigenvalue weighted by Crippen LogP contribution is -2.35. The number of nitrogens with zero attached hydrogens (tertiary/aromatic N) is 3. The Bertz CT molecular complexity index is 564. The van der Waals surface area contributed by atoms with E-state index in [-0.39, 0.29) is 0 Å². The predicted molar refractivity (Wildman–Crippen MR) is 79.3 cm³/mol. The van der Waals surface area contributed by atoms with E-state index >= 15 is 0 Å². The molecule has 2 aromatic rings. The Hall–Kier alpha value is -1.81. The maximum Gasteiger partial charge on any atom is 0.151 e. The van der Waals surface area contributed by atoms with Gasteiger partial charge in [-0.05, 0) is 25.0 Å². The SMILES string of the molecule is Clc1cncnc1N1CCC[C@H]1COc1ccccc1. The van der Waals surface area contributed by atoms with Crippen molar-refractivity contribution in [3.8, 4) is 5.75 Å². The molecule has 1 saturated heterocycles. The summed E-state index contributed by atoms with van der Waals surface area (Å²) in [6.07, 6.45) is 5.39. The van der Waals surface area contributed by atoms with Gasteiger partial charge in [-0.1, -0.05) is 29.8 Å². The van der Waals surface area contributed by atoms with Crippen LogP contribution in [0.3, 0.4) is 0 Å². The van der Waals surface area contributed by atoms with Crippen molar-refractivity contribution in [3.63, 3.8) is 0 Å². The molecule has 0 unspecified atom stereocenters. The molecule has 0 spiro atoms. The lowest BCUT2D eigenvalue weighted by molar-refractivity contribution is 0.288. The smallest absolute Gasteiger partial charge is 0.151 e. The van der Waals surface area contributed by atoms with E-state index in [0.29, 0.717) is 17.7 Å². The maximum absolute atomic E-state index is 6.18. The monoisotopic (exact) mass is 289 g/mol. The van der Waals surface area contributed by atoms with E-state index < -0.39 is 0 Å². The molecule has 1 aromatic heterocycles. The molecule has 0 saturated carbocycles. The third kappa shape index (κ3) is 2.85. The molecule has 20 heavy (non-hydrogen) atoms. The van der Waals surface area contributed by atoms with Crippen molar-refractivity contribution >= 4 is 17.4 Å². The van der Waals surface area contributed by atoms with Gasteiger partial charge in [0.15, 0.2) is 5.82 Å². The molecule has 3 rings (SSSR count). The lowest BCUT2D eigenvalue weighted by atomic mass is 10.2. The van der Waals surface area contributed by atoms with Crippen molar-refractivity contribution in [2.24, 2.45) is 0 Å². The zero-order chi connectivity index (χ0) is 13.8. The lowest BCUT2D eigenvalue weighted by Gasteiger charge is -2.26. The highest BCUT2D eigenvalue weighted by Gasteiger charge is 2.27. The minimum atomic E-state index is 0.308. The number of aromatic nitrogens is 2. The van der Waals surface area contributed by atoms with Crippen LogP contribution in [0.25, 0.3) is 0 Å². The first-order chi connectivity index (χ1) is 9.84. The Labute approximate surface area is 123 Å². The fourth-order valence-corrected chi connectivity index (χ4v) is 2.73. The van der Waals surface area contributed by atoms with Crippen molar-refractivity contribution in [1.82, 2.24) is 9.97 Å². The zero-order valence-electron chi connectivity index (χ0n) is 11.1. The van der Waals surface area contributed by atoms with Gasteiger partial charge < -0.3 is 9.64 Å². The number of rotatable bonds is 4. The van der Waals surface area contributed by atoms with Crippen LogP contribution < -0.4 is 9.64 Å². The molecule has 0 radical (unpaired) electrons.